The van der Waals surface area contributed by atoms with Crippen molar-refractivity contribution in [2.45, 2.75) is 51.5 Å². The van der Waals surface area contributed by atoms with Crippen molar-refractivity contribution in [3.05, 3.63) is 0 Å². The SMILES string of the molecule is CNCC1CCCN1C(=O)C1(C)CCCC1. The number of amides is 1. The Morgan fingerprint density at radius 1 is 1.38 bits per heavy atom. The summed E-state index contributed by atoms with van der Waals surface area (Å²) in [6, 6.07) is 0.440. The number of likely N-dealkylation sites (N-methyl/N-ethyl adjacent to an activating group) is 1. The number of likely N-dealkylation sites (tertiary alicyclic amines) is 1. The van der Waals surface area contributed by atoms with Crippen molar-refractivity contribution in [3.8, 4) is 0 Å². The van der Waals surface area contributed by atoms with E-state index in [1.165, 1.54) is 25.7 Å². The molecule has 0 spiro atoms. The predicted molar refractivity (Wildman–Crippen MR) is 65.2 cm³/mol. The van der Waals surface area contributed by atoms with E-state index in [-0.39, 0.29) is 5.41 Å². The van der Waals surface area contributed by atoms with Gasteiger partial charge >= 0.3 is 0 Å². The number of carbonyl (C=O) groups excluding carboxylic acids is 1. The normalized spacial score (nSPS) is 28.6. The first-order valence-electron chi connectivity index (χ1n) is 6.63. The quantitative estimate of drug-likeness (QED) is 0.792. The molecule has 1 saturated carbocycles. The first-order chi connectivity index (χ1) is 7.67. The van der Waals surface area contributed by atoms with Crippen LogP contribution in [0.5, 0.6) is 0 Å². The summed E-state index contributed by atoms with van der Waals surface area (Å²) < 4.78 is 0. The lowest BCUT2D eigenvalue weighted by Crippen LogP contribution is -2.46. The lowest BCUT2D eigenvalue weighted by molar-refractivity contribution is -0.141. The zero-order chi connectivity index (χ0) is 11.6. The van der Waals surface area contributed by atoms with Crippen LogP contribution in [0.1, 0.15) is 45.4 Å². The van der Waals surface area contributed by atoms with Crippen LogP contribution in [-0.4, -0.2) is 37.0 Å². The molecule has 16 heavy (non-hydrogen) atoms. The molecule has 0 radical (unpaired) electrons. The molecule has 3 heteroatoms. The van der Waals surface area contributed by atoms with Gasteiger partial charge in [0, 0.05) is 24.5 Å². The Hall–Kier alpha value is -0.570. The summed E-state index contributed by atoms with van der Waals surface area (Å²) in [5, 5.41) is 3.20. The van der Waals surface area contributed by atoms with E-state index < -0.39 is 0 Å². The van der Waals surface area contributed by atoms with Crippen molar-refractivity contribution in [2.24, 2.45) is 5.41 Å². The maximum Gasteiger partial charge on any atom is 0.228 e. The van der Waals surface area contributed by atoms with E-state index in [2.05, 4.69) is 17.1 Å². The molecule has 92 valence electrons. The Bertz CT molecular complexity index is 259. The van der Waals surface area contributed by atoms with E-state index in [1.54, 1.807) is 0 Å². The predicted octanol–water partition coefficient (Wildman–Crippen LogP) is 1.78. The molecule has 0 aromatic carbocycles. The largest absolute Gasteiger partial charge is 0.338 e. The van der Waals surface area contributed by atoms with Crippen molar-refractivity contribution >= 4 is 5.91 Å². The number of nitrogens with zero attached hydrogens (tertiary/aromatic N) is 1. The second kappa shape index (κ2) is 4.74. The van der Waals surface area contributed by atoms with Gasteiger partial charge in [-0.25, -0.2) is 0 Å². The zero-order valence-electron chi connectivity index (χ0n) is 10.6. The van der Waals surface area contributed by atoms with Crippen molar-refractivity contribution in [2.75, 3.05) is 20.1 Å². The summed E-state index contributed by atoms with van der Waals surface area (Å²) in [7, 11) is 1.97. The van der Waals surface area contributed by atoms with Crippen molar-refractivity contribution in [3.63, 3.8) is 0 Å². The van der Waals surface area contributed by atoms with Crippen LogP contribution in [0.2, 0.25) is 0 Å². The highest BCUT2D eigenvalue weighted by Crippen LogP contribution is 2.40. The van der Waals surface area contributed by atoms with Gasteiger partial charge in [-0.15, -0.1) is 0 Å². The van der Waals surface area contributed by atoms with Crippen LogP contribution >= 0.6 is 0 Å². The third-order valence-corrected chi connectivity index (χ3v) is 4.30. The molecule has 0 aromatic rings. The fourth-order valence-electron chi connectivity index (χ4n) is 3.27. The molecule has 2 aliphatic rings. The molecule has 1 aliphatic carbocycles. The summed E-state index contributed by atoms with van der Waals surface area (Å²) in [6.07, 6.45) is 6.99. The molecular weight excluding hydrogens is 200 g/mol. The minimum atomic E-state index is -0.0453. The van der Waals surface area contributed by atoms with Gasteiger partial charge in [-0.3, -0.25) is 4.79 Å². The highest BCUT2D eigenvalue weighted by molar-refractivity contribution is 5.83. The third-order valence-electron chi connectivity index (χ3n) is 4.30. The highest BCUT2D eigenvalue weighted by atomic mass is 16.2. The van der Waals surface area contributed by atoms with Crippen LogP contribution < -0.4 is 5.32 Å². The van der Waals surface area contributed by atoms with Gasteiger partial charge < -0.3 is 10.2 Å². The number of rotatable bonds is 3. The van der Waals surface area contributed by atoms with Gasteiger partial charge in [0.15, 0.2) is 0 Å². The van der Waals surface area contributed by atoms with Gasteiger partial charge in [0.2, 0.25) is 5.91 Å². The van der Waals surface area contributed by atoms with E-state index >= 15 is 0 Å². The van der Waals surface area contributed by atoms with Gasteiger partial charge in [-0.05, 0) is 32.7 Å². The summed E-state index contributed by atoms with van der Waals surface area (Å²) in [5.41, 5.74) is -0.0453. The van der Waals surface area contributed by atoms with Gasteiger partial charge in [0.05, 0.1) is 0 Å². The average Bonchev–Trinajstić information content (AvgIpc) is 2.88. The first-order valence-corrected chi connectivity index (χ1v) is 6.63. The zero-order valence-corrected chi connectivity index (χ0v) is 10.6. The Morgan fingerprint density at radius 2 is 2.06 bits per heavy atom. The van der Waals surface area contributed by atoms with Crippen LogP contribution in [0.25, 0.3) is 0 Å². The van der Waals surface area contributed by atoms with Crippen LogP contribution in [0, 0.1) is 5.41 Å². The summed E-state index contributed by atoms with van der Waals surface area (Å²) >= 11 is 0. The number of hydrogen-bond acceptors (Lipinski definition) is 2. The van der Waals surface area contributed by atoms with E-state index in [0.717, 1.165) is 25.9 Å². The lowest BCUT2D eigenvalue weighted by Gasteiger charge is -2.33. The van der Waals surface area contributed by atoms with E-state index in [1.807, 2.05) is 7.05 Å². The minimum absolute atomic E-state index is 0.0453. The van der Waals surface area contributed by atoms with E-state index in [9.17, 15) is 4.79 Å². The molecule has 1 amide bonds. The first kappa shape index (κ1) is 11.9. The van der Waals surface area contributed by atoms with Crippen LogP contribution in [-0.2, 0) is 4.79 Å². The number of carbonyl (C=O) groups is 1. The highest BCUT2D eigenvalue weighted by Gasteiger charge is 2.42. The van der Waals surface area contributed by atoms with Crippen molar-refractivity contribution in [1.82, 2.24) is 10.2 Å². The topological polar surface area (TPSA) is 32.3 Å². The van der Waals surface area contributed by atoms with E-state index in [4.69, 9.17) is 0 Å². The number of hydrogen-bond donors (Lipinski definition) is 1. The van der Waals surface area contributed by atoms with Gasteiger partial charge in [0.25, 0.3) is 0 Å². The van der Waals surface area contributed by atoms with Crippen LogP contribution in [0.4, 0.5) is 0 Å². The summed E-state index contributed by atoms with van der Waals surface area (Å²) in [6.45, 7) is 4.08. The Labute approximate surface area is 98.6 Å². The standard InChI is InChI=1S/C13H24N2O/c1-13(7-3-4-8-13)12(16)15-9-5-6-11(15)10-14-2/h11,14H,3-10H2,1-2H3. The van der Waals surface area contributed by atoms with Crippen LogP contribution in [0.3, 0.4) is 0 Å². The van der Waals surface area contributed by atoms with Gasteiger partial charge in [-0.2, -0.15) is 0 Å². The Balaban J connectivity index is 2.02. The lowest BCUT2D eigenvalue weighted by atomic mass is 9.87. The molecule has 1 N–H and O–H groups in total. The van der Waals surface area contributed by atoms with E-state index in [0.29, 0.717) is 11.9 Å². The molecule has 1 heterocycles. The summed E-state index contributed by atoms with van der Waals surface area (Å²) in [5.74, 6) is 0.419. The molecule has 1 unspecified atom stereocenters. The maximum atomic E-state index is 12.6. The molecular formula is C13H24N2O. The van der Waals surface area contributed by atoms with Crippen LogP contribution in [0.15, 0.2) is 0 Å². The smallest absolute Gasteiger partial charge is 0.228 e. The molecule has 1 aliphatic heterocycles. The molecule has 2 fully saturated rings. The monoisotopic (exact) mass is 224 g/mol. The third kappa shape index (κ3) is 2.10. The van der Waals surface area contributed by atoms with Crippen molar-refractivity contribution in [1.29, 1.82) is 0 Å². The molecule has 1 atom stereocenters. The fraction of sp³-hybridized carbons (Fsp3) is 0.923. The molecule has 1 saturated heterocycles. The Kier molecular flexibility index (Phi) is 3.53. The molecule has 3 nitrogen and oxygen atoms in total. The maximum absolute atomic E-state index is 12.6. The van der Waals surface area contributed by atoms with Crippen molar-refractivity contribution < 1.29 is 4.79 Å². The minimum Gasteiger partial charge on any atom is -0.338 e. The second-order valence-corrected chi connectivity index (χ2v) is 5.62. The number of nitrogens with one attached hydrogen (secondary N) is 1. The second-order valence-electron chi connectivity index (χ2n) is 5.62. The average molecular weight is 224 g/mol. The molecule has 2 rings (SSSR count). The molecule has 0 bridgehead atoms. The fourth-order valence-corrected chi connectivity index (χ4v) is 3.27. The van der Waals surface area contributed by atoms with Gasteiger partial charge in [-0.1, -0.05) is 19.8 Å². The summed E-state index contributed by atoms with van der Waals surface area (Å²) in [4.78, 5) is 14.7. The Morgan fingerprint density at radius 3 is 2.69 bits per heavy atom. The van der Waals surface area contributed by atoms with Gasteiger partial charge in [0.1, 0.15) is 0 Å². The molecule has 0 aromatic heterocycles.